The number of amides is 1. The summed E-state index contributed by atoms with van der Waals surface area (Å²) in [6.45, 7) is 5.66. The van der Waals surface area contributed by atoms with Crippen LogP contribution in [0.5, 0.6) is 0 Å². The quantitative estimate of drug-likeness (QED) is 0.495. The van der Waals surface area contributed by atoms with Crippen molar-refractivity contribution >= 4 is 29.3 Å². The highest BCUT2D eigenvalue weighted by atomic mass is 35.5. The highest BCUT2D eigenvalue weighted by molar-refractivity contribution is 6.34. The Kier molecular flexibility index (Phi) is 6.32. The summed E-state index contributed by atoms with van der Waals surface area (Å²) >= 11 is 11.5. The van der Waals surface area contributed by atoms with Crippen molar-refractivity contribution in [3.8, 4) is 11.8 Å². The minimum Gasteiger partial charge on any atom is -0.444 e. The molecule has 1 rings (SSSR count). The third kappa shape index (κ3) is 6.70. The van der Waals surface area contributed by atoms with Gasteiger partial charge in [-0.15, -0.1) is 0 Å². The van der Waals surface area contributed by atoms with Crippen LogP contribution in [0.4, 0.5) is 9.18 Å². The predicted octanol–water partition coefficient (Wildman–Crippen LogP) is 4.40. The zero-order chi connectivity index (χ0) is 16.0. The summed E-state index contributed by atoms with van der Waals surface area (Å²) in [5, 5.41) is 2.73. The molecule has 0 bridgehead atoms. The fraction of sp³-hybridized carbons (Fsp3) is 0.400. The van der Waals surface area contributed by atoms with E-state index in [4.69, 9.17) is 27.9 Å². The lowest BCUT2D eigenvalue weighted by atomic mass is 10.2. The molecule has 0 saturated carbocycles. The second-order valence-electron chi connectivity index (χ2n) is 5.23. The first-order chi connectivity index (χ1) is 9.69. The van der Waals surface area contributed by atoms with E-state index in [2.05, 4.69) is 17.2 Å². The average molecular weight is 332 g/mol. The Balaban J connectivity index is 2.50. The van der Waals surface area contributed by atoms with Crippen LogP contribution in [0.1, 0.15) is 32.8 Å². The van der Waals surface area contributed by atoms with Crippen molar-refractivity contribution in [2.24, 2.45) is 0 Å². The van der Waals surface area contributed by atoms with Gasteiger partial charge in [0.25, 0.3) is 0 Å². The molecule has 6 heteroatoms. The zero-order valence-electron chi connectivity index (χ0n) is 12.0. The molecule has 1 amide bonds. The largest absolute Gasteiger partial charge is 0.444 e. The Bertz CT molecular complexity index is 586. The molecule has 1 aromatic carbocycles. The van der Waals surface area contributed by atoms with Crippen molar-refractivity contribution in [2.75, 3.05) is 6.54 Å². The van der Waals surface area contributed by atoms with Gasteiger partial charge in [-0.05, 0) is 32.9 Å². The molecule has 0 atom stereocenters. The van der Waals surface area contributed by atoms with Crippen LogP contribution in [0.25, 0.3) is 0 Å². The smallest absolute Gasteiger partial charge is 0.407 e. The van der Waals surface area contributed by atoms with E-state index < -0.39 is 17.5 Å². The van der Waals surface area contributed by atoms with E-state index >= 15 is 0 Å². The lowest BCUT2D eigenvalue weighted by molar-refractivity contribution is 0.0529. The van der Waals surface area contributed by atoms with E-state index in [1.807, 2.05) is 0 Å². The number of hydrogen-bond acceptors (Lipinski definition) is 2. The normalized spacial score (nSPS) is 10.6. The second-order valence-corrected chi connectivity index (χ2v) is 6.04. The van der Waals surface area contributed by atoms with E-state index in [1.54, 1.807) is 20.8 Å². The van der Waals surface area contributed by atoms with Crippen molar-refractivity contribution in [1.82, 2.24) is 5.32 Å². The number of halogens is 3. The third-order valence-electron chi connectivity index (χ3n) is 2.13. The summed E-state index contributed by atoms with van der Waals surface area (Å²) in [6, 6.07) is 2.61. The van der Waals surface area contributed by atoms with E-state index in [1.165, 1.54) is 6.07 Å². The average Bonchev–Trinajstić information content (AvgIpc) is 2.32. The lowest BCUT2D eigenvalue weighted by Gasteiger charge is -2.19. The summed E-state index contributed by atoms with van der Waals surface area (Å²) in [5.74, 6) is 4.89. The van der Waals surface area contributed by atoms with Crippen molar-refractivity contribution in [1.29, 1.82) is 0 Å². The van der Waals surface area contributed by atoms with E-state index in [-0.39, 0.29) is 10.0 Å². The minimum atomic E-state index is -0.611. The predicted molar refractivity (Wildman–Crippen MR) is 82.2 cm³/mol. The van der Waals surface area contributed by atoms with Gasteiger partial charge in [-0.3, -0.25) is 0 Å². The molecular formula is C15H16Cl2FNO2. The molecule has 0 aliphatic rings. The van der Waals surface area contributed by atoms with Crippen LogP contribution in [-0.2, 0) is 4.74 Å². The Morgan fingerprint density at radius 1 is 1.38 bits per heavy atom. The van der Waals surface area contributed by atoms with Crippen molar-refractivity contribution < 1.29 is 13.9 Å². The molecule has 0 aliphatic carbocycles. The van der Waals surface area contributed by atoms with Crippen molar-refractivity contribution in [3.63, 3.8) is 0 Å². The molecule has 1 N–H and O–H groups in total. The number of alkyl carbamates (subject to hydrolysis) is 1. The molecule has 0 heterocycles. The number of ether oxygens (including phenoxy) is 1. The minimum absolute atomic E-state index is 0.0630. The van der Waals surface area contributed by atoms with Gasteiger partial charge in [-0.1, -0.05) is 35.0 Å². The maximum absolute atomic E-state index is 13.3. The van der Waals surface area contributed by atoms with Crippen LogP contribution in [0.15, 0.2) is 12.1 Å². The molecule has 0 unspecified atom stereocenters. The fourth-order valence-electron chi connectivity index (χ4n) is 1.35. The number of carbonyl (C=O) groups excluding carboxylic acids is 1. The van der Waals surface area contributed by atoms with E-state index in [9.17, 15) is 9.18 Å². The van der Waals surface area contributed by atoms with Crippen LogP contribution in [0.3, 0.4) is 0 Å². The lowest BCUT2D eigenvalue weighted by Crippen LogP contribution is -2.32. The topological polar surface area (TPSA) is 38.3 Å². The van der Waals surface area contributed by atoms with Gasteiger partial charge in [-0.25, -0.2) is 9.18 Å². The fourth-order valence-corrected chi connectivity index (χ4v) is 1.71. The van der Waals surface area contributed by atoms with Gasteiger partial charge in [-0.2, -0.15) is 0 Å². The van der Waals surface area contributed by atoms with Gasteiger partial charge in [0, 0.05) is 23.6 Å². The van der Waals surface area contributed by atoms with Crippen LogP contribution >= 0.6 is 23.2 Å². The summed E-state index contributed by atoms with van der Waals surface area (Å²) in [7, 11) is 0. The zero-order valence-corrected chi connectivity index (χ0v) is 13.5. The maximum atomic E-state index is 13.3. The molecular weight excluding hydrogens is 316 g/mol. The number of nitrogens with one attached hydrogen (secondary N) is 1. The molecule has 0 aromatic heterocycles. The molecule has 21 heavy (non-hydrogen) atoms. The van der Waals surface area contributed by atoms with Gasteiger partial charge < -0.3 is 10.1 Å². The number of hydrogen-bond donors (Lipinski definition) is 1. The summed E-state index contributed by atoms with van der Waals surface area (Å²) in [6.07, 6.45) is -0.125. The Morgan fingerprint density at radius 3 is 2.67 bits per heavy atom. The van der Waals surface area contributed by atoms with Crippen LogP contribution in [0.2, 0.25) is 10.0 Å². The highest BCUT2D eigenvalue weighted by Crippen LogP contribution is 2.23. The molecule has 1 aromatic rings. The number of carbonyl (C=O) groups is 1. The number of rotatable bonds is 2. The molecule has 0 spiro atoms. The van der Waals surface area contributed by atoms with Gasteiger partial charge >= 0.3 is 6.09 Å². The van der Waals surface area contributed by atoms with Gasteiger partial charge in [0.1, 0.15) is 11.4 Å². The Morgan fingerprint density at radius 2 is 2.05 bits per heavy atom. The SMILES string of the molecule is CC(C)(C)OC(=O)NCCC#Cc1cc(Cl)cc(F)c1Cl. The summed E-state index contributed by atoms with van der Waals surface area (Å²) in [5.41, 5.74) is -0.222. The standard InChI is InChI=1S/C15H16Cl2FNO2/c1-15(2,3)21-14(20)19-7-5-4-6-10-8-11(16)9-12(18)13(10)17/h8-9H,5,7H2,1-3H3,(H,19,20). The molecule has 0 fully saturated rings. The van der Waals surface area contributed by atoms with Crippen molar-refractivity contribution in [3.05, 3.63) is 33.6 Å². The Labute approximate surface area is 133 Å². The molecule has 114 valence electrons. The molecule has 0 radical (unpaired) electrons. The maximum Gasteiger partial charge on any atom is 0.407 e. The van der Waals surface area contributed by atoms with Crippen LogP contribution in [0, 0.1) is 17.7 Å². The third-order valence-corrected chi connectivity index (χ3v) is 2.74. The first-order valence-electron chi connectivity index (χ1n) is 6.29. The molecule has 3 nitrogen and oxygen atoms in total. The van der Waals surface area contributed by atoms with Crippen LogP contribution in [-0.4, -0.2) is 18.2 Å². The second kappa shape index (κ2) is 7.53. The Hall–Kier alpha value is -1.44. The molecule has 0 aliphatic heterocycles. The summed E-state index contributed by atoms with van der Waals surface area (Å²) in [4.78, 5) is 11.4. The van der Waals surface area contributed by atoms with Crippen LogP contribution < -0.4 is 5.32 Å². The van der Waals surface area contributed by atoms with E-state index in [0.29, 0.717) is 18.5 Å². The van der Waals surface area contributed by atoms with Crippen molar-refractivity contribution in [2.45, 2.75) is 32.8 Å². The first kappa shape index (κ1) is 17.6. The van der Waals surface area contributed by atoms with E-state index in [0.717, 1.165) is 6.07 Å². The summed E-state index contributed by atoms with van der Waals surface area (Å²) < 4.78 is 18.4. The highest BCUT2D eigenvalue weighted by Gasteiger charge is 2.15. The van der Waals surface area contributed by atoms with Gasteiger partial charge in [0.2, 0.25) is 0 Å². The van der Waals surface area contributed by atoms with Gasteiger partial charge in [0.15, 0.2) is 0 Å². The first-order valence-corrected chi connectivity index (χ1v) is 7.05. The van der Waals surface area contributed by atoms with Gasteiger partial charge in [0.05, 0.1) is 5.02 Å². The molecule has 0 saturated heterocycles. The monoisotopic (exact) mass is 331 g/mol. The number of benzene rings is 1.